The molecule has 1 amide bonds. The minimum absolute atomic E-state index is 0.0310. The van der Waals surface area contributed by atoms with Gasteiger partial charge in [0, 0.05) is 42.0 Å². The normalized spacial score (nSPS) is 20.2. The molecule has 0 N–H and O–H groups in total. The van der Waals surface area contributed by atoms with Crippen molar-refractivity contribution in [3.05, 3.63) is 78.0 Å². The van der Waals surface area contributed by atoms with Crippen LogP contribution >= 0.6 is 0 Å². The second kappa shape index (κ2) is 6.46. The smallest absolute Gasteiger partial charge is 0.254 e. The molecule has 4 heterocycles. The molecule has 0 radical (unpaired) electrons. The van der Waals surface area contributed by atoms with Crippen LogP contribution in [0.4, 0.5) is 0 Å². The lowest BCUT2D eigenvalue weighted by molar-refractivity contribution is 0.0643. The fraction of sp³-hybridized carbons (Fsp3) is 0.238. The average Bonchev–Trinajstić information content (AvgIpc) is 3.03. The summed E-state index contributed by atoms with van der Waals surface area (Å²) < 4.78 is 5.78. The van der Waals surface area contributed by atoms with E-state index in [0.717, 1.165) is 30.5 Å². The van der Waals surface area contributed by atoms with Crippen molar-refractivity contribution in [2.45, 2.75) is 31.3 Å². The molecule has 2 aliphatic heterocycles. The Labute approximate surface area is 156 Å². The first-order valence-electron chi connectivity index (χ1n) is 9.10. The van der Waals surface area contributed by atoms with E-state index in [0.29, 0.717) is 17.2 Å². The molecule has 5 rings (SSSR count). The largest absolute Gasteiger partial charge is 0.439 e. The van der Waals surface area contributed by atoms with Crippen molar-refractivity contribution in [3.63, 3.8) is 0 Å². The zero-order valence-corrected chi connectivity index (χ0v) is 14.7. The van der Waals surface area contributed by atoms with Crippen molar-refractivity contribution in [3.8, 4) is 11.6 Å². The van der Waals surface area contributed by atoms with E-state index in [1.807, 2.05) is 41.4 Å². The number of pyridine rings is 1. The third-order valence-corrected chi connectivity index (χ3v) is 5.29. The molecule has 6 heteroatoms. The molecule has 134 valence electrons. The fourth-order valence-corrected chi connectivity index (χ4v) is 4.10. The first-order chi connectivity index (χ1) is 13.3. The van der Waals surface area contributed by atoms with Gasteiger partial charge < -0.3 is 9.64 Å². The Morgan fingerprint density at radius 3 is 2.96 bits per heavy atom. The third-order valence-electron chi connectivity index (χ3n) is 5.29. The summed E-state index contributed by atoms with van der Waals surface area (Å²) in [7, 11) is 0. The van der Waals surface area contributed by atoms with Crippen LogP contribution in [0.2, 0.25) is 0 Å². The molecule has 2 aromatic heterocycles. The van der Waals surface area contributed by atoms with Crippen LogP contribution in [-0.2, 0) is 6.42 Å². The molecule has 0 aliphatic carbocycles. The Kier molecular flexibility index (Phi) is 3.81. The van der Waals surface area contributed by atoms with Gasteiger partial charge in [0.15, 0.2) is 0 Å². The van der Waals surface area contributed by atoms with Gasteiger partial charge in [-0.15, -0.1) is 0 Å². The van der Waals surface area contributed by atoms with Crippen LogP contribution in [0.3, 0.4) is 0 Å². The van der Waals surface area contributed by atoms with E-state index in [1.165, 1.54) is 0 Å². The maximum absolute atomic E-state index is 13.3. The Morgan fingerprint density at radius 1 is 1.11 bits per heavy atom. The van der Waals surface area contributed by atoms with E-state index in [2.05, 4.69) is 15.0 Å². The summed E-state index contributed by atoms with van der Waals surface area (Å²) in [5, 5.41) is 0. The second-order valence-corrected chi connectivity index (χ2v) is 6.89. The van der Waals surface area contributed by atoms with Gasteiger partial charge in [-0.1, -0.05) is 12.1 Å². The Balaban J connectivity index is 1.43. The molecule has 6 nitrogen and oxygen atoms in total. The summed E-state index contributed by atoms with van der Waals surface area (Å²) in [5.41, 5.74) is 2.79. The number of ether oxygens (including phenoxy) is 1. The van der Waals surface area contributed by atoms with Crippen LogP contribution < -0.4 is 4.74 Å². The number of nitrogens with zero attached hydrogens (tertiary/aromatic N) is 4. The highest BCUT2D eigenvalue weighted by molar-refractivity contribution is 5.95. The highest BCUT2D eigenvalue weighted by Gasteiger charge is 2.43. The van der Waals surface area contributed by atoms with Crippen molar-refractivity contribution < 1.29 is 9.53 Å². The molecule has 2 atom stereocenters. The minimum Gasteiger partial charge on any atom is -0.439 e. The average molecular weight is 358 g/mol. The summed E-state index contributed by atoms with van der Waals surface area (Å²) in [6.07, 6.45) is 7.88. The van der Waals surface area contributed by atoms with E-state index in [4.69, 9.17) is 4.74 Å². The number of carbonyl (C=O) groups excluding carboxylic acids is 1. The van der Waals surface area contributed by atoms with Crippen molar-refractivity contribution in [1.82, 2.24) is 19.9 Å². The predicted octanol–water partition coefficient (Wildman–Crippen LogP) is 3.57. The number of hydrogen-bond donors (Lipinski definition) is 0. The zero-order valence-electron chi connectivity index (χ0n) is 14.7. The predicted molar refractivity (Wildman–Crippen MR) is 98.4 cm³/mol. The highest BCUT2D eigenvalue weighted by Crippen LogP contribution is 2.43. The summed E-state index contributed by atoms with van der Waals surface area (Å²) in [4.78, 5) is 28.0. The molecule has 27 heavy (non-hydrogen) atoms. The van der Waals surface area contributed by atoms with Gasteiger partial charge in [-0.25, -0.2) is 15.0 Å². The SMILES string of the molecule is O=C(c1cccc(Oc2ccccn2)c1)N1C2CCC1c1cncnc1C2. The van der Waals surface area contributed by atoms with Crippen LogP contribution in [0, 0.1) is 0 Å². The Bertz CT molecular complexity index is 992. The molecular formula is C21H18N4O2. The van der Waals surface area contributed by atoms with Gasteiger partial charge in [0.1, 0.15) is 12.1 Å². The number of aromatic nitrogens is 3. The van der Waals surface area contributed by atoms with Crippen molar-refractivity contribution in [2.75, 3.05) is 0 Å². The van der Waals surface area contributed by atoms with Crippen molar-refractivity contribution in [1.29, 1.82) is 0 Å². The lowest BCUT2D eigenvalue weighted by Gasteiger charge is -2.35. The molecular weight excluding hydrogens is 340 g/mol. The minimum atomic E-state index is 0.0310. The zero-order chi connectivity index (χ0) is 18.2. The molecule has 2 unspecified atom stereocenters. The monoisotopic (exact) mass is 358 g/mol. The molecule has 1 aromatic carbocycles. The molecule has 0 saturated carbocycles. The van der Waals surface area contributed by atoms with E-state index in [9.17, 15) is 4.79 Å². The number of carbonyl (C=O) groups is 1. The molecule has 2 bridgehead atoms. The first kappa shape index (κ1) is 15.9. The quantitative estimate of drug-likeness (QED) is 0.716. The highest BCUT2D eigenvalue weighted by atomic mass is 16.5. The van der Waals surface area contributed by atoms with Crippen molar-refractivity contribution in [2.24, 2.45) is 0 Å². The van der Waals surface area contributed by atoms with Gasteiger partial charge in [-0.05, 0) is 37.1 Å². The number of amides is 1. The lowest BCUT2D eigenvalue weighted by atomic mass is 9.98. The van der Waals surface area contributed by atoms with Crippen LogP contribution in [0.15, 0.2) is 61.2 Å². The molecule has 1 fully saturated rings. The van der Waals surface area contributed by atoms with Crippen LogP contribution in [0.5, 0.6) is 11.6 Å². The fourth-order valence-electron chi connectivity index (χ4n) is 4.10. The van der Waals surface area contributed by atoms with E-state index < -0.39 is 0 Å². The van der Waals surface area contributed by atoms with Crippen LogP contribution in [0.25, 0.3) is 0 Å². The second-order valence-electron chi connectivity index (χ2n) is 6.89. The van der Waals surface area contributed by atoms with Crippen molar-refractivity contribution >= 4 is 5.91 Å². The van der Waals surface area contributed by atoms with E-state index in [-0.39, 0.29) is 18.0 Å². The molecule has 2 aliphatic rings. The van der Waals surface area contributed by atoms with Crippen LogP contribution in [0.1, 0.15) is 40.5 Å². The lowest BCUT2D eigenvalue weighted by Crippen LogP contribution is -2.42. The van der Waals surface area contributed by atoms with E-state index in [1.54, 1.807) is 24.7 Å². The number of benzene rings is 1. The van der Waals surface area contributed by atoms with Gasteiger partial charge in [-0.2, -0.15) is 0 Å². The maximum Gasteiger partial charge on any atom is 0.254 e. The summed E-state index contributed by atoms with van der Waals surface area (Å²) in [6, 6.07) is 13.0. The van der Waals surface area contributed by atoms with Gasteiger partial charge in [-0.3, -0.25) is 4.79 Å². The number of fused-ring (bicyclic) bond motifs is 4. The number of rotatable bonds is 3. The van der Waals surface area contributed by atoms with Gasteiger partial charge in [0.25, 0.3) is 5.91 Å². The standard InChI is InChI=1S/C21H18N4O2/c26-21(14-4-3-5-16(10-14)27-20-6-1-2-9-23-20)25-15-7-8-19(25)17-12-22-13-24-18(17)11-15/h1-6,9-10,12-13,15,19H,7-8,11H2. The molecule has 0 spiro atoms. The number of hydrogen-bond acceptors (Lipinski definition) is 5. The van der Waals surface area contributed by atoms with Gasteiger partial charge in [0.05, 0.1) is 11.7 Å². The topological polar surface area (TPSA) is 68.2 Å². The van der Waals surface area contributed by atoms with Gasteiger partial charge in [0.2, 0.25) is 5.88 Å². The Morgan fingerprint density at radius 2 is 2.07 bits per heavy atom. The first-order valence-corrected chi connectivity index (χ1v) is 9.10. The third kappa shape index (κ3) is 2.83. The van der Waals surface area contributed by atoms with E-state index >= 15 is 0 Å². The maximum atomic E-state index is 13.3. The Hall–Kier alpha value is -3.28. The van der Waals surface area contributed by atoms with Crippen LogP contribution in [-0.4, -0.2) is 31.8 Å². The summed E-state index contributed by atoms with van der Waals surface area (Å²) >= 11 is 0. The summed E-state index contributed by atoms with van der Waals surface area (Å²) in [5.74, 6) is 1.14. The molecule has 3 aromatic rings. The van der Waals surface area contributed by atoms with Gasteiger partial charge >= 0.3 is 0 Å². The summed E-state index contributed by atoms with van der Waals surface area (Å²) in [6.45, 7) is 0. The molecule has 1 saturated heterocycles.